The standard InChI is InChI=1S/C7H13ClF2O2S/c1-6(2,3)4-7(9,10)5-13(8,11)12/h4-5H2,1-3H3. The van der Waals surface area contributed by atoms with Gasteiger partial charge in [0.25, 0.3) is 5.92 Å². The summed E-state index contributed by atoms with van der Waals surface area (Å²) in [5, 5.41) is 0. The third-order valence-electron chi connectivity index (χ3n) is 1.17. The monoisotopic (exact) mass is 234 g/mol. The smallest absolute Gasteiger partial charge is 0.212 e. The largest absolute Gasteiger partial charge is 0.263 e. The Morgan fingerprint density at radius 1 is 1.23 bits per heavy atom. The third kappa shape index (κ3) is 8.43. The van der Waals surface area contributed by atoms with Crippen LogP contribution in [0.4, 0.5) is 8.78 Å². The molecule has 0 radical (unpaired) electrons. The van der Waals surface area contributed by atoms with Gasteiger partial charge < -0.3 is 0 Å². The highest BCUT2D eigenvalue weighted by molar-refractivity contribution is 8.13. The zero-order valence-electron chi connectivity index (χ0n) is 7.77. The van der Waals surface area contributed by atoms with Gasteiger partial charge in [-0.05, 0) is 5.41 Å². The fourth-order valence-corrected chi connectivity index (χ4v) is 2.16. The first-order valence-electron chi connectivity index (χ1n) is 3.71. The number of alkyl halides is 2. The molecule has 0 atom stereocenters. The lowest BCUT2D eigenvalue weighted by molar-refractivity contribution is -0.0131. The van der Waals surface area contributed by atoms with Crippen LogP contribution in [0, 0.1) is 5.41 Å². The van der Waals surface area contributed by atoms with E-state index in [-0.39, 0.29) is 0 Å². The van der Waals surface area contributed by atoms with Gasteiger partial charge in [-0.1, -0.05) is 20.8 Å². The van der Waals surface area contributed by atoms with Crippen LogP contribution in [0.1, 0.15) is 27.2 Å². The highest BCUT2D eigenvalue weighted by atomic mass is 35.7. The average Bonchev–Trinajstić information content (AvgIpc) is 1.43. The van der Waals surface area contributed by atoms with Crippen molar-refractivity contribution < 1.29 is 17.2 Å². The van der Waals surface area contributed by atoms with E-state index < -0.39 is 32.6 Å². The highest BCUT2D eigenvalue weighted by Crippen LogP contribution is 2.32. The summed E-state index contributed by atoms with van der Waals surface area (Å²) in [5.41, 5.74) is -0.620. The van der Waals surface area contributed by atoms with Gasteiger partial charge >= 0.3 is 0 Å². The predicted molar refractivity (Wildman–Crippen MR) is 48.7 cm³/mol. The maximum Gasteiger partial charge on any atom is 0.263 e. The molecule has 0 aromatic rings. The molecule has 6 heteroatoms. The Labute approximate surface area is 81.7 Å². The first-order chi connectivity index (χ1) is 5.41. The molecule has 0 aliphatic rings. The SMILES string of the molecule is CC(C)(C)CC(F)(F)CS(=O)(=O)Cl. The topological polar surface area (TPSA) is 34.1 Å². The van der Waals surface area contributed by atoms with E-state index in [0.717, 1.165) is 0 Å². The lowest BCUT2D eigenvalue weighted by Gasteiger charge is -2.24. The molecule has 0 unspecified atom stereocenters. The molecule has 0 bridgehead atoms. The number of hydrogen-bond donors (Lipinski definition) is 0. The van der Waals surface area contributed by atoms with Gasteiger partial charge in [0.05, 0.1) is 0 Å². The summed E-state index contributed by atoms with van der Waals surface area (Å²) in [5.74, 6) is -4.54. The highest BCUT2D eigenvalue weighted by Gasteiger charge is 2.38. The van der Waals surface area contributed by atoms with Gasteiger partial charge in [-0.3, -0.25) is 0 Å². The minimum atomic E-state index is -4.13. The van der Waals surface area contributed by atoms with Crippen LogP contribution in [0.2, 0.25) is 0 Å². The van der Waals surface area contributed by atoms with Gasteiger partial charge in [0.2, 0.25) is 9.05 Å². The molecule has 0 N–H and O–H groups in total. The maximum atomic E-state index is 13.0. The molecular weight excluding hydrogens is 222 g/mol. The predicted octanol–water partition coefficient (Wildman–Crippen LogP) is 2.63. The normalized spacial score (nSPS) is 14.6. The summed E-state index contributed by atoms with van der Waals surface area (Å²) in [6, 6.07) is 0. The van der Waals surface area contributed by atoms with Crippen molar-refractivity contribution in [2.75, 3.05) is 5.75 Å². The van der Waals surface area contributed by atoms with Crippen LogP contribution < -0.4 is 0 Å². The minimum absolute atomic E-state index is 0.494. The second-order valence-electron chi connectivity index (χ2n) is 4.28. The van der Waals surface area contributed by atoms with E-state index in [1.807, 2.05) is 0 Å². The van der Waals surface area contributed by atoms with Gasteiger partial charge in [0.15, 0.2) is 0 Å². The quantitative estimate of drug-likeness (QED) is 0.704. The van der Waals surface area contributed by atoms with E-state index in [1.54, 1.807) is 20.8 Å². The van der Waals surface area contributed by atoms with E-state index in [2.05, 4.69) is 0 Å². The van der Waals surface area contributed by atoms with Crippen LogP contribution in [0.25, 0.3) is 0 Å². The van der Waals surface area contributed by atoms with Gasteiger partial charge in [-0.2, -0.15) is 0 Å². The zero-order valence-corrected chi connectivity index (χ0v) is 9.35. The molecule has 2 nitrogen and oxygen atoms in total. The summed E-state index contributed by atoms with van der Waals surface area (Å²) in [6.45, 7) is 4.84. The summed E-state index contributed by atoms with van der Waals surface area (Å²) in [6.07, 6.45) is -0.494. The van der Waals surface area contributed by atoms with Crippen LogP contribution in [-0.4, -0.2) is 20.1 Å². The Morgan fingerprint density at radius 2 is 1.62 bits per heavy atom. The lowest BCUT2D eigenvalue weighted by Crippen LogP contribution is -2.30. The second-order valence-corrected chi connectivity index (χ2v) is 7.05. The van der Waals surface area contributed by atoms with Gasteiger partial charge in [0.1, 0.15) is 5.75 Å². The van der Waals surface area contributed by atoms with Crippen LogP contribution in [0.3, 0.4) is 0 Å². The maximum absolute atomic E-state index is 13.0. The Hall–Kier alpha value is 0.1000. The molecule has 0 heterocycles. The molecule has 0 amide bonds. The molecule has 0 spiro atoms. The van der Waals surface area contributed by atoms with Crippen LogP contribution in [-0.2, 0) is 9.05 Å². The van der Waals surface area contributed by atoms with Crippen molar-refractivity contribution in [1.29, 1.82) is 0 Å². The minimum Gasteiger partial charge on any atom is -0.212 e. The summed E-state index contributed by atoms with van der Waals surface area (Å²) < 4.78 is 46.7. The molecule has 0 fully saturated rings. The molecule has 0 saturated heterocycles. The van der Waals surface area contributed by atoms with Crippen LogP contribution in [0.5, 0.6) is 0 Å². The molecule has 0 rings (SSSR count). The van der Waals surface area contributed by atoms with Crippen molar-refractivity contribution in [3.63, 3.8) is 0 Å². The number of halogens is 3. The summed E-state index contributed by atoms with van der Waals surface area (Å²) in [7, 11) is 0.607. The van der Waals surface area contributed by atoms with Crippen LogP contribution in [0.15, 0.2) is 0 Å². The molecule has 80 valence electrons. The molecule has 13 heavy (non-hydrogen) atoms. The first-order valence-corrected chi connectivity index (χ1v) is 6.19. The third-order valence-corrected chi connectivity index (χ3v) is 2.27. The molecule has 0 aromatic carbocycles. The van der Waals surface area contributed by atoms with Crippen molar-refractivity contribution in [3.8, 4) is 0 Å². The van der Waals surface area contributed by atoms with E-state index in [1.165, 1.54) is 0 Å². The Bertz CT molecular complexity index is 267. The Morgan fingerprint density at radius 3 is 1.85 bits per heavy atom. The number of rotatable bonds is 3. The Kier molecular flexibility index (Phi) is 3.72. The van der Waals surface area contributed by atoms with E-state index in [4.69, 9.17) is 10.7 Å². The van der Waals surface area contributed by atoms with E-state index in [0.29, 0.717) is 0 Å². The van der Waals surface area contributed by atoms with E-state index >= 15 is 0 Å². The van der Waals surface area contributed by atoms with Crippen molar-refractivity contribution in [2.45, 2.75) is 33.1 Å². The lowest BCUT2D eigenvalue weighted by atomic mass is 9.89. The van der Waals surface area contributed by atoms with Crippen molar-refractivity contribution >= 4 is 19.7 Å². The van der Waals surface area contributed by atoms with Crippen molar-refractivity contribution in [1.82, 2.24) is 0 Å². The average molecular weight is 235 g/mol. The fourth-order valence-electron chi connectivity index (χ4n) is 1.08. The van der Waals surface area contributed by atoms with Gasteiger partial charge in [-0.25, -0.2) is 17.2 Å². The molecule has 0 aliphatic carbocycles. The van der Waals surface area contributed by atoms with Gasteiger partial charge in [-0.15, -0.1) is 0 Å². The van der Waals surface area contributed by atoms with E-state index in [9.17, 15) is 17.2 Å². The molecular formula is C7H13ClF2O2S. The summed E-state index contributed by atoms with van der Waals surface area (Å²) >= 11 is 0. The summed E-state index contributed by atoms with van der Waals surface area (Å²) in [4.78, 5) is 0. The first kappa shape index (κ1) is 13.1. The Balaban J connectivity index is 4.43. The number of hydrogen-bond acceptors (Lipinski definition) is 2. The van der Waals surface area contributed by atoms with Crippen molar-refractivity contribution in [2.24, 2.45) is 5.41 Å². The molecule has 0 aromatic heterocycles. The van der Waals surface area contributed by atoms with Crippen LogP contribution >= 0.6 is 10.7 Å². The molecule has 0 saturated carbocycles. The van der Waals surface area contributed by atoms with Crippen molar-refractivity contribution in [3.05, 3.63) is 0 Å². The fraction of sp³-hybridized carbons (Fsp3) is 1.00. The molecule has 0 aliphatic heterocycles. The second kappa shape index (κ2) is 3.69. The van der Waals surface area contributed by atoms with Gasteiger partial charge in [0, 0.05) is 17.1 Å². The zero-order chi connectivity index (χ0) is 10.9.